The van der Waals surface area contributed by atoms with Gasteiger partial charge in [-0.1, -0.05) is 19.1 Å². The number of carbonyl (C=O) groups is 1. The summed E-state index contributed by atoms with van der Waals surface area (Å²) in [6, 6.07) is 0. The zero-order valence-corrected chi connectivity index (χ0v) is 12.3. The topological polar surface area (TPSA) is 86.5 Å². The van der Waals surface area contributed by atoms with E-state index in [4.69, 9.17) is 14.6 Å². The molecule has 0 unspecified atom stereocenters. The Labute approximate surface area is 118 Å². The molecule has 0 bridgehead atoms. The summed E-state index contributed by atoms with van der Waals surface area (Å²) in [5, 5.41) is 16.8. The number of carboxylic acid groups (broad SMARTS) is 1. The van der Waals surface area contributed by atoms with Crippen LogP contribution in [0.5, 0.6) is 0 Å². The van der Waals surface area contributed by atoms with E-state index in [0.717, 1.165) is 6.42 Å². The molecule has 0 spiro atoms. The zero-order valence-electron chi connectivity index (χ0n) is 12.3. The zero-order chi connectivity index (χ0) is 15.0. The van der Waals surface area contributed by atoms with E-state index < -0.39 is 5.97 Å². The molecule has 0 aliphatic heterocycles. The van der Waals surface area contributed by atoms with Crippen molar-refractivity contribution in [2.24, 2.45) is 5.92 Å². The van der Waals surface area contributed by atoms with Gasteiger partial charge in [0.05, 0.1) is 18.9 Å². The van der Waals surface area contributed by atoms with E-state index in [-0.39, 0.29) is 5.69 Å². The Bertz CT molecular complexity index is 418. The standard InChI is InChI=1S/C13H23N3O4/c1-10(2)9-11-12(13(17)18)14-15-16(11)5-4-6-20-8-7-19-3/h10H,4-9H2,1-3H3,(H,17,18). The highest BCUT2D eigenvalue weighted by Crippen LogP contribution is 2.12. The molecular weight excluding hydrogens is 262 g/mol. The molecule has 0 aliphatic carbocycles. The maximum atomic E-state index is 11.1. The largest absolute Gasteiger partial charge is 0.476 e. The molecule has 1 aromatic rings. The van der Waals surface area contributed by atoms with Gasteiger partial charge in [0.15, 0.2) is 5.69 Å². The predicted octanol–water partition coefficient (Wildman–Crippen LogP) is 1.23. The molecule has 1 heterocycles. The van der Waals surface area contributed by atoms with Gasteiger partial charge in [0.1, 0.15) is 0 Å². The van der Waals surface area contributed by atoms with Crippen molar-refractivity contribution in [3.8, 4) is 0 Å². The third-order valence-electron chi connectivity index (χ3n) is 2.73. The van der Waals surface area contributed by atoms with Gasteiger partial charge in [-0.2, -0.15) is 0 Å². The van der Waals surface area contributed by atoms with E-state index in [1.165, 1.54) is 0 Å². The summed E-state index contributed by atoms with van der Waals surface area (Å²) in [6.45, 7) is 6.41. The van der Waals surface area contributed by atoms with Crippen LogP contribution in [-0.2, 0) is 22.4 Å². The molecule has 7 heteroatoms. The van der Waals surface area contributed by atoms with Crippen LogP contribution in [0.2, 0.25) is 0 Å². The van der Waals surface area contributed by atoms with Gasteiger partial charge < -0.3 is 14.6 Å². The van der Waals surface area contributed by atoms with E-state index in [9.17, 15) is 4.79 Å². The highest BCUT2D eigenvalue weighted by atomic mass is 16.5. The minimum Gasteiger partial charge on any atom is -0.476 e. The SMILES string of the molecule is COCCOCCCn1nnc(C(=O)O)c1CC(C)C. The number of ether oxygens (including phenoxy) is 2. The Morgan fingerprint density at radius 1 is 1.35 bits per heavy atom. The Balaban J connectivity index is 2.54. The Morgan fingerprint density at radius 3 is 2.70 bits per heavy atom. The Hall–Kier alpha value is -1.47. The fourth-order valence-electron chi connectivity index (χ4n) is 1.83. The smallest absolute Gasteiger partial charge is 0.358 e. The Morgan fingerprint density at radius 2 is 2.10 bits per heavy atom. The van der Waals surface area contributed by atoms with Gasteiger partial charge >= 0.3 is 5.97 Å². The lowest BCUT2D eigenvalue weighted by atomic mass is 10.1. The number of aryl methyl sites for hydroxylation is 1. The van der Waals surface area contributed by atoms with Gasteiger partial charge in [0.2, 0.25) is 0 Å². The molecule has 114 valence electrons. The monoisotopic (exact) mass is 285 g/mol. The van der Waals surface area contributed by atoms with E-state index in [1.807, 2.05) is 13.8 Å². The maximum absolute atomic E-state index is 11.1. The Kier molecular flexibility index (Phi) is 7.17. The van der Waals surface area contributed by atoms with Gasteiger partial charge in [0.25, 0.3) is 0 Å². The second kappa shape index (κ2) is 8.65. The molecule has 1 N–H and O–H groups in total. The highest BCUT2D eigenvalue weighted by molar-refractivity contribution is 5.86. The highest BCUT2D eigenvalue weighted by Gasteiger charge is 2.19. The molecule has 0 saturated heterocycles. The van der Waals surface area contributed by atoms with Crippen molar-refractivity contribution >= 4 is 5.97 Å². The third-order valence-corrected chi connectivity index (χ3v) is 2.73. The number of aromatic nitrogens is 3. The summed E-state index contributed by atoms with van der Waals surface area (Å²) >= 11 is 0. The van der Waals surface area contributed by atoms with Gasteiger partial charge in [-0.05, 0) is 18.8 Å². The molecule has 0 radical (unpaired) electrons. The lowest BCUT2D eigenvalue weighted by Gasteiger charge is -2.09. The lowest BCUT2D eigenvalue weighted by Crippen LogP contribution is -2.13. The van der Waals surface area contributed by atoms with Crippen molar-refractivity contribution in [2.75, 3.05) is 26.9 Å². The van der Waals surface area contributed by atoms with Crippen LogP contribution in [0, 0.1) is 5.92 Å². The lowest BCUT2D eigenvalue weighted by molar-refractivity contribution is 0.0675. The number of hydrogen-bond donors (Lipinski definition) is 1. The number of carboxylic acids is 1. The minimum atomic E-state index is -1.02. The first-order chi connectivity index (χ1) is 9.56. The summed E-state index contributed by atoms with van der Waals surface area (Å²) < 4.78 is 11.9. The van der Waals surface area contributed by atoms with E-state index in [0.29, 0.717) is 44.4 Å². The minimum absolute atomic E-state index is 0.0546. The molecule has 7 nitrogen and oxygen atoms in total. The van der Waals surface area contributed by atoms with Crippen LogP contribution < -0.4 is 0 Å². The molecule has 0 saturated carbocycles. The molecule has 20 heavy (non-hydrogen) atoms. The molecule has 0 fully saturated rings. The molecule has 1 aromatic heterocycles. The summed E-state index contributed by atoms with van der Waals surface area (Å²) in [6.07, 6.45) is 1.41. The molecule has 1 rings (SSSR count). The fourth-order valence-corrected chi connectivity index (χ4v) is 1.83. The summed E-state index contributed by atoms with van der Waals surface area (Å²) in [4.78, 5) is 11.1. The van der Waals surface area contributed by atoms with Crippen LogP contribution in [0.1, 0.15) is 36.5 Å². The summed E-state index contributed by atoms with van der Waals surface area (Å²) in [5.41, 5.74) is 0.739. The molecule has 0 amide bonds. The average molecular weight is 285 g/mol. The first-order valence-electron chi connectivity index (χ1n) is 6.78. The quantitative estimate of drug-likeness (QED) is 0.651. The van der Waals surface area contributed by atoms with Crippen LogP contribution in [0.4, 0.5) is 0 Å². The van der Waals surface area contributed by atoms with Crippen molar-refractivity contribution in [3.05, 3.63) is 11.4 Å². The molecular formula is C13H23N3O4. The number of nitrogens with zero attached hydrogens (tertiary/aromatic N) is 3. The number of rotatable bonds is 10. The van der Waals surface area contributed by atoms with Gasteiger partial charge in [-0.25, -0.2) is 9.48 Å². The van der Waals surface area contributed by atoms with E-state index in [1.54, 1.807) is 11.8 Å². The molecule has 0 aliphatic rings. The second-order valence-electron chi connectivity index (χ2n) is 4.97. The number of aromatic carboxylic acids is 1. The van der Waals surface area contributed by atoms with Gasteiger partial charge in [-0.3, -0.25) is 0 Å². The number of methoxy groups -OCH3 is 1. The predicted molar refractivity (Wildman–Crippen MR) is 72.8 cm³/mol. The second-order valence-corrected chi connectivity index (χ2v) is 4.97. The third kappa shape index (κ3) is 5.26. The van der Waals surface area contributed by atoms with Crippen molar-refractivity contribution in [1.82, 2.24) is 15.0 Å². The van der Waals surface area contributed by atoms with Gasteiger partial charge in [-0.15, -0.1) is 5.10 Å². The average Bonchev–Trinajstić information content (AvgIpc) is 2.76. The van der Waals surface area contributed by atoms with E-state index in [2.05, 4.69) is 10.3 Å². The van der Waals surface area contributed by atoms with Gasteiger partial charge in [0, 0.05) is 20.3 Å². The van der Waals surface area contributed by atoms with Crippen LogP contribution >= 0.6 is 0 Å². The summed E-state index contributed by atoms with van der Waals surface area (Å²) in [5.74, 6) is -0.674. The van der Waals surface area contributed by atoms with E-state index >= 15 is 0 Å². The van der Waals surface area contributed by atoms with Crippen LogP contribution in [-0.4, -0.2) is 53.0 Å². The number of hydrogen-bond acceptors (Lipinski definition) is 5. The van der Waals surface area contributed by atoms with Crippen molar-refractivity contribution in [1.29, 1.82) is 0 Å². The first-order valence-corrected chi connectivity index (χ1v) is 6.78. The van der Waals surface area contributed by atoms with Crippen LogP contribution in [0.15, 0.2) is 0 Å². The van der Waals surface area contributed by atoms with Crippen molar-refractivity contribution in [3.63, 3.8) is 0 Å². The summed E-state index contributed by atoms with van der Waals surface area (Å²) in [7, 11) is 1.63. The maximum Gasteiger partial charge on any atom is 0.358 e. The molecule has 0 aromatic carbocycles. The molecule has 0 atom stereocenters. The fraction of sp³-hybridized carbons (Fsp3) is 0.769. The normalized spacial score (nSPS) is 11.2. The van der Waals surface area contributed by atoms with Crippen LogP contribution in [0.3, 0.4) is 0 Å². The van der Waals surface area contributed by atoms with Crippen molar-refractivity contribution in [2.45, 2.75) is 33.2 Å². The van der Waals surface area contributed by atoms with Crippen molar-refractivity contribution < 1.29 is 19.4 Å². The first kappa shape index (κ1) is 16.6. The van der Waals surface area contributed by atoms with Crippen LogP contribution in [0.25, 0.3) is 0 Å².